The first kappa shape index (κ1) is 18.0. The fourth-order valence-electron chi connectivity index (χ4n) is 4.51. The van der Waals surface area contributed by atoms with Gasteiger partial charge < -0.3 is 4.90 Å². The van der Waals surface area contributed by atoms with E-state index in [9.17, 15) is 0 Å². The summed E-state index contributed by atoms with van der Waals surface area (Å²) in [6.45, 7) is 4.57. The molecule has 0 bridgehead atoms. The molecule has 142 valence electrons. The zero-order chi connectivity index (χ0) is 20.0. The van der Waals surface area contributed by atoms with Crippen LogP contribution in [0.25, 0.3) is 11.1 Å². The third-order valence-electron chi connectivity index (χ3n) is 5.91. The van der Waals surface area contributed by atoms with Crippen molar-refractivity contribution in [3.8, 4) is 11.1 Å². The van der Waals surface area contributed by atoms with Crippen molar-refractivity contribution in [1.82, 2.24) is 0 Å². The van der Waals surface area contributed by atoms with Crippen molar-refractivity contribution >= 4 is 28.7 Å². The second-order valence-electron chi connectivity index (χ2n) is 8.02. The highest BCUT2D eigenvalue weighted by atomic mass is 35.5. The molecule has 0 saturated carbocycles. The molecule has 0 atom stereocenters. The quantitative estimate of drug-likeness (QED) is 0.338. The highest BCUT2D eigenvalue weighted by Crippen LogP contribution is 2.54. The molecule has 5 rings (SSSR count). The Kier molecular flexibility index (Phi) is 4.22. The summed E-state index contributed by atoms with van der Waals surface area (Å²) in [5.41, 5.74) is 8.56. The van der Waals surface area contributed by atoms with Crippen molar-refractivity contribution in [2.45, 2.75) is 19.3 Å². The molecule has 4 aromatic carbocycles. The molecule has 1 aliphatic carbocycles. The van der Waals surface area contributed by atoms with Gasteiger partial charge in [0.25, 0.3) is 0 Å². The Morgan fingerprint density at radius 2 is 1.28 bits per heavy atom. The van der Waals surface area contributed by atoms with Crippen LogP contribution in [0.4, 0.5) is 17.1 Å². The molecule has 0 N–H and O–H groups in total. The van der Waals surface area contributed by atoms with Crippen LogP contribution in [0.5, 0.6) is 0 Å². The maximum Gasteiger partial charge on any atom is 0.0543 e. The molecular weight excluding hydrogens is 374 g/mol. The molecule has 0 amide bonds. The normalized spacial score (nSPS) is 13.6. The maximum atomic E-state index is 6.38. The number of benzene rings is 4. The van der Waals surface area contributed by atoms with Gasteiger partial charge in [0.2, 0.25) is 0 Å². The van der Waals surface area contributed by atoms with Gasteiger partial charge in [-0.05, 0) is 59.2 Å². The number of anilines is 3. The van der Waals surface area contributed by atoms with Gasteiger partial charge in [-0.25, -0.2) is 0 Å². The van der Waals surface area contributed by atoms with Crippen LogP contribution in [-0.4, -0.2) is 0 Å². The lowest BCUT2D eigenvalue weighted by atomic mass is 9.82. The van der Waals surface area contributed by atoms with Crippen molar-refractivity contribution in [1.29, 1.82) is 0 Å². The van der Waals surface area contributed by atoms with E-state index in [-0.39, 0.29) is 5.41 Å². The SMILES string of the molecule is CC1(C)c2cc(Cl)ccc2-c2c(N(c3ccccc3)c3ccccc3)cccc21. The molecule has 1 nitrogen and oxygen atoms in total. The summed E-state index contributed by atoms with van der Waals surface area (Å²) in [5, 5.41) is 0.786. The van der Waals surface area contributed by atoms with Crippen LogP contribution in [0.2, 0.25) is 5.02 Å². The molecule has 0 aromatic heterocycles. The van der Waals surface area contributed by atoms with Gasteiger partial charge >= 0.3 is 0 Å². The van der Waals surface area contributed by atoms with Gasteiger partial charge in [-0.3, -0.25) is 0 Å². The van der Waals surface area contributed by atoms with Crippen LogP contribution in [-0.2, 0) is 5.41 Å². The number of hydrogen-bond acceptors (Lipinski definition) is 1. The van der Waals surface area contributed by atoms with Crippen LogP contribution in [0.3, 0.4) is 0 Å². The van der Waals surface area contributed by atoms with E-state index in [0.29, 0.717) is 0 Å². The third kappa shape index (κ3) is 2.85. The molecular formula is C27H22ClN. The van der Waals surface area contributed by atoms with Gasteiger partial charge in [-0.1, -0.05) is 80.0 Å². The van der Waals surface area contributed by atoms with Crippen LogP contribution >= 0.6 is 11.6 Å². The molecule has 29 heavy (non-hydrogen) atoms. The van der Waals surface area contributed by atoms with E-state index in [1.165, 1.54) is 27.9 Å². The first-order valence-electron chi connectivity index (χ1n) is 9.91. The average Bonchev–Trinajstić information content (AvgIpc) is 2.97. The zero-order valence-electron chi connectivity index (χ0n) is 16.6. The Bertz CT molecular complexity index is 1140. The highest BCUT2D eigenvalue weighted by Gasteiger charge is 2.38. The summed E-state index contributed by atoms with van der Waals surface area (Å²) in [4.78, 5) is 2.35. The van der Waals surface area contributed by atoms with Gasteiger partial charge in [0, 0.05) is 27.4 Å². The first-order valence-corrected chi connectivity index (χ1v) is 10.3. The van der Waals surface area contributed by atoms with Gasteiger partial charge in [0.05, 0.1) is 5.69 Å². The summed E-state index contributed by atoms with van der Waals surface area (Å²) < 4.78 is 0. The van der Waals surface area contributed by atoms with Crippen LogP contribution in [0.15, 0.2) is 97.1 Å². The van der Waals surface area contributed by atoms with Gasteiger partial charge in [0.1, 0.15) is 0 Å². The lowest BCUT2D eigenvalue weighted by Crippen LogP contribution is -2.16. The summed E-state index contributed by atoms with van der Waals surface area (Å²) >= 11 is 6.38. The minimum atomic E-state index is -0.0926. The van der Waals surface area contributed by atoms with E-state index in [1.54, 1.807) is 0 Å². The second kappa shape index (κ2) is 6.79. The highest BCUT2D eigenvalue weighted by molar-refractivity contribution is 6.30. The predicted molar refractivity (Wildman–Crippen MR) is 124 cm³/mol. The fraction of sp³-hybridized carbons (Fsp3) is 0.111. The Morgan fingerprint density at radius 1 is 0.655 bits per heavy atom. The monoisotopic (exact) mass is 395 g/mol. The van der Waals surface area contributed by atoms with E-state index < -0.39 is 0 Å². The van der Waals surface area contributed by atoms with Crippen molar-refractivity contribution in [2.24, 2.45) is 0 Å². The number of rotatable bonds is 3. The standard InChI is InChI=1S/C27H22ClN/c1-27(2)23-14-9-15-25(26(23)22-17-16-19(28)18-24(22)27)29(20-10-5-3-6-11-20)21-12-7-4-8-13-21/h3-18H,1-2H3. The Hall–Kier alpha value is -3.03. The fourth-order valence-corrected chi connectivity index (χ4v) is 4.68. The maximum absolute atomic E-state index is 6.38. The molecule has 0 radical (unpaired) electrons. The third-order valence-corrected chi connectivity index (χ3v) is 6.14. The lowest BCUT2D eigenvalue weighted by Gasteiger charge is -2.28. The topological polar surface area (TPSA) is 3.24 Å². The first-order chi connectivity index (χ1) is 14.1. The number of halogens is 1. The van der Waals surface area contributed by atoms with Crippen molar-refractivity contribution < 1.29 is 0 Å². The molecule has 1 aliphatic rings. The van der Waals surface area contributed by atoms with Gasteiger partial charge in [0.15, 0.2) is 0 Å². The minimum Gasteiger partial charge on any atom is -0.310 e. The smallest absolute Gasteiger partial charge is 0.0543 e. The number of nitrogens with zero attached hydrogens (tertiary/aromatic N) is 1. The summed E-state index contributed by atoms with van der Waals surface area (Å²) in [7, 11) is 0. The summed E-state index contributed by atoms with van der Waals surface area (Å²) in [6, 6.07) is 34.1. The molecule has 0 fully saturated rings. The van der Waals surface area contributed by atoms with E-state index in [0.717, 1.165) is 16.4 Å². The molecule has 0 heterocycles. The van der Waals surface area contributed by atoms with Crippen LogP contribution in [0, 0.1) is 0 Å². The molecule has 0 aliphatic heterocycles. The van der Waals surface area contributed by atoms with Crippen molar-refractivity contribution in [3.63, 3.8) is 0 Å². The number of hydrogen-bond donors (Lipinski definition) is 0. The summed E-state index contributed by atoms with van der Waals surface area (Å²) in [6.07, 6.45) is 0. The minimum absolute atomic E-state index is 0.0926. The molecule has 2 heteroatoms. The second-order valence-corrected chi connectivity index (χ2v) is 8.46. The van der Waals surface area contributed by atoms with Crippen LogP contribution in [0.1, 0.15) is 25.0 Å². The van der Waals surface area contributed by atoms with E-state index >= 15 is 0 Å². The Morgan fingerprint density at radius 3 is 1.90 bits per heavy atom. The van der Waals surface area contributed by atoms with E-state index in [4.69, 9.17) is 11.6 Å². The van der Waals surface area contributed by atoms with Crippen molar-refractivity contribution in [2.75, 3.05) is 4.90 Å². The Balaban J connectivity index is 1.82. The predicted octanol–water partition coefficient (Wildman–Crippen LogP) is 8.12. The number of fused-ring (bicyclic) bond motifs is 3. The van der Waals surface area contributed by atoms with E-state index in [1.807, 2.05) is 6.07 Å². The van der Waals surface area contributed by atoms with Crippen LogP contribution < -0.4 is 4.90 Å². The van der Waals surface area contributed by atoms with Crippen molar-refractivity contribution in [3.05, 3.63) is 113 Å². The lowest BCUT2D eigenvalue weighted by molar-refractivity contribution is 0.660. The average molecular weight is 396 g/mol. The van der Waals surface area contributed by atoms with E-state index in [2.05, 4.69) is 110 Å². The van der Waals surface area contributed by atoms with Gasteiger partial charge in [-0.2, -0.15) is 0 Å². The zero-order valence-corrected chi connectivity index (χ0v) is 17.3. The molecule has 0 spiro atoms. The molecule has 0 saturated heterocycles. The largest absolute Gasteiger partial charge is 0.310 e. The van der Waals surface area contributed by atoms with Gasteiger partial charge in [-0.15, -0.1) is 0 Å². The number of para-hydroxylation sites is 2. The molecule has 4 aromatic rings. The summed E-state index contributed by atoms with van der Waals surface area (Å²) in [5.74, 6) is 0. The molecule has 0 unspecified atom stereocenters. The Labute approximate surface area is 177 Å².